The van der Waals surface area contributed by atoms with Gasteiger partial charge in [-0.1, -0.05) is 33.6 Å². The molecular weight excluding hydrogens is 128 g/mol. The first kappa shape index (κ1) is 9.35. The van der Waals surface area contributed by atoms with Crippen LogP contribution < -0.4 is 0 Å². The Morgan fingerprint density at radius 3 is 2.22 bits per heavy atom. The molecule has 0 aromatic carbocycles. The van der Waals surface area contributed by atoms with Gasteiger partial charge in [0.05, 0.1) is 0 Å². The molecule has 9 heavy (non-hydrogen) atoms. The molecule has 0 spiro atoms. The van der Waals surface area contributed by atoms with Crippen LogP contribution in [0.2, 0.25) is 0 Å². The molecule has 0 unspecified atom stereocenters. The number of rotatable bonds is 4. The summed E-state index contributed by atoms with van der Waals surface area (Å²) in [5.74, 6) is 0. The van der Waals surface area contributed by atoms with E-state index in [9.17, 15) is 0 Å². The Morgan fingerprint density at radius 1 is 1.33 bits per heavy atom. The van der Waals surface area contributed by atoms with Crippen LogP contribution >= 0.6 is 11.8 Å². The first-order chi connectivity index (χ1) is 4.12. The highest BCUT2D eigenvalue weighted by Gasteiger charge is 2.13. The number of unbranched alkanes of at least 4 members (excludes halogenated alkanes) is 1. The van der Waals surface area contributed by atoms with Gasteiger partial charge < -0.3 is 0 Å². The van der Waals surface area contributed by atoms with E-state index in [1.165, 1.54) is 19.3 Å². The molecule has 0 rings (SSSR count). The normalized spacial score (nSPS) is 12.0. The highest BCUT2D eigenvalue weighted by Crippen LogP contribution is 2.26. The Hall–Kier alpha value is 0.350. The third-order valence-corrected chi connectivity index (χ3v) is 2.99. The summed E-state index contributed by atoms with van der Waals surface area (Å²) in [5, 5.41) is 0. The van der Waals surface area contributed by atoms with Gasteiger partial charge in [-0.15, -0.1) is 0 Å². The highest BCUT2D eigenvalue weighted by molar-refractivity contribution is 7.99. The molecule has 0 aliphatic rings. The third-order valence-electron chi connectivity index (χ3n) is 1.68. The van der Waals surface area contributed by atoms with Crippen molar-refractivity contribution in [1.29, 1.82) is 0 Å². The molecule has 0 nitrogen and oxygen atoms in total. The summed E-state index contributed by atoms with van der Waals surface area (Å²) in [6.45, 7) is 6.87. The lowest BCUT2D eigenvalue weighted by atomic mass is 10.1. The predicted molar refractivity (Wildman–Crippen MR) is 47.1 cm³/mol. The van der Waals surface area contributed by atoms with Crippen molar-refractivity contribution in [2.24, 2.45) is 0 Å². The third kappa shape index (κ3) is 4.83. The van der Waals surface area contributed by atoms with Gasteiger partial charge in [-0.2, -0.15) is 11.8 Å². The fourth-order valence-electron chi connectivity index (χ4n) is 0.705. The van der Waals surface area contributed by atoms with Crippen LogP contribution in [0, 0.1) is 0 Å². The Balaban J connectivity index is 3.33. The van der Waals surface area contributed by atoms with E-state index in [1.54, 1.807) is 0 Å². The van der Waals surface area contributed by atoms with Crippen molar-refractivity contribution in [1.82, 2.24) is 0 Å². The van der Waals surface area contributed by atoms with Crippen molar-refractivity contribution in [2.45, 2.75) is 44.8 Å². The summed E-state index contributed by atoms with van der Waals surface area (Å²) < 4.78 is 0.510. The highest BCUT2D eigenvalue weighted by atomic mass is 32.2. The minimum absolute atomic E-state index is 0.510. The van der Waals surface area contributed by atoms with Crippen LogP contribution in [0.5, 0.6) is 0 Å². The second kappa shape index (κ2) is 4.21. The van der Waals surface area contributed by atoms with E-state index in [1.807, 2.05) is 11.8 Å². The van der Waals surface area contributed by atoms with Crippen LogP contribution in [-0.2, 0) is 0 Å². The Labute approximate surface area is 63.4 Å². The number of hydrogen-bond acceptors (Lipinski definition) is 1. The van der Waals surface area contributed by atoms with Crippen molar-refractivity contribution in [3.63, 3.8) is 0 Å². The maximum atomic E-state index is 2.31. The molecule has 0 aliphatic heterocycles. The topological polar surface area (TPSA) is 0 Å². The fraction of sp³-hybridized carbons (Fsp3) is 1.00. The van der Waals surface area contributed by atoms with Gasteiger partial charge >= 0.3 is 0 Å². The van der Waals surface area contributed by atoms with E-state index in [0.717, 1.165) is 0 Å². The van der Waals surface area contributed by atoms with Gasteiger partial charge in [0.1, 0.15) is 0 Å². The second-order valence-corrected chi connectivity index (χ2v) is 4.58. The molecule has 56 valence electrons. The lowest BCUT2D eigenvalue weighted by molar-refractivity contribution is 0.595. The zero-order valence-electron chi connectivity index (χ0n) is 7.03. The average molecular weight is 146 g/mol. The van der Waals surface area contributed by atoms with Gasteiger partial charge in [-0.05, 0) is 12.7 Å². The van der Waals surface area contributed by atoms with Gasteiger partial charge in [0, 0.05) is 4.75 Å². The molecule has 0 saturated carbocycles. The monoisotopic (exact) mass is 146 g/mol. The second-order valence-electron chi connectivity index (χ2n) is 3.07. The van der Waals surface area contributed by atoms with E-state index < -0.39 is 0 Å². The van der Waals surface area contributed by atoms with Crippen molar-refractivity contribution >= 4 is 11.8 Å². The van der Waals surface area contributed by atoms with Gasteiger partial charge in [0.25, 0.3) is 0 Å². The molecule has 0 aromatic rings. The van der Waals surface area contributed by atoms with Crippen LogP contribution in [0.3, 0.4) is 0 Å². The summed E-state index contributed by atoms with van der Waals surface area (Å²) in [5.41, 5.74) is 0. The molecule has 1 heteroatoms. The van der Waals surface area contributed by atoms with Gasteiger partial charge in [-0.25, -0.2) is 0 Å². The number of thioether (sulfide) groups is 1. The summed E-state index contributed by atoms with van der Waals surface area (Å²) in [7, 11) is 0. The molecule has 0 N–H and O–H groups in total. The zero-order valence-corrected chi connectivity index (χ0v) is 7.85. The molecular formula is C8H18S. The SMILES string of the molecule is CCCCC(C)(C)SC. The van der Waals surface area contributed by atoms with Crippen LogP contribution in [0.15, 0.2) is 0 Å². The Kier molecular flexibility index (Phi) is 4.37. The van der Waals surface area contributed by atoms with Crippen molar-refractivity contribution < 1.29 is 0 Å². The quantitative estimate of drug-likeness (QED) is 0.586. The first-order valence-corrected chi connectivity index (χ1v) is 4.90. The lowest BCUT2D eigenvalue weighted by Gasteiger charge is -2.20. The van der Waals surface area contributed by atoms with Gasteiger partial charge in [0.15, 0.2) is 0 Å². The Bertz CT molecular complexity index is 67.0. The molecule has 0 radical (unpaired) electrons. The van der Waals surface area contributed by atoms with E-state index in [-0.39, 0.29) is 0 Å². The summed E-state index contributed by atoms with van der Waals surface area (Å²) >= 11 is 1.97. The summed E-state index contributed by atoms with van der Waals surface area (Å²) in [6, 6.07) is 0. The largest absolute Gasteiger partial charge is 0.159 e. The standard InChI is InChI=1S/C8H18S/c1-5-6-7-8(2,3)9-4/h5-7H2,1-4H3. The predicted octanol–water partition coefficient (Wildman–Crippen LogP) is 3.32. The van der Waals surface area contributed by atoms with E-state index >= 15 is 0 Å². The molecule has 0 fully saturated rings. The summed E-state index contributed by atoms with van der Waals surface area (Å²) in [6.07, 6.45) is 6.23. The lowest BCUT2D eigenvalue weighted by Crippen LogP contribution is -2.12. The molecule has 0 bridgehead atoms. The van der Waals surface area contributed by atoms with Crippen molar-refractivity contribution in [3.8, 4) is 0 Å². The van der Waals surface area contributed by atoms with Gasteiger partial charge in [0.2, 0.25) is 0 Å². The molecule has 0 heterocycles. The van der Waals surface area contributed by atoms with Crippen LogP contribution in [0.25, 0.3) is 0 Å². The molecule has 0 saturated heterocycles. The maximum absolute atomic E-state index is 2.31. The van der Waals surface area contributed by atoms with Crippen molar-refractivity contribution in [3.05, 3.63) is 0 Å². The first-order valence-electron chi connectivity index (χ1n) is 3.67. The molecule has 0 aliphatic carbocycles. The average Bonchev–Trinajstić information content (AvgIpc) is 1.84. The number of hydrogen-bond donors (Lipinski definition) is 0. The van der Waals surface area contributed by atoms with E-state index in [0.29, 0.717) is 4.75 Å². The minimum Gasteiger partial charge on any atom is -0.159 e. The van der Waals surface area contributed by atoms with Crippen LogP contribution in [0.1, 0.15) is 40.0 Å². The molecule has 0 aromatic heterocycles. The van der Waals surface area contributed by atoms with Crippen LogP contribution in [0.4, 0.5) is 0 Å². The Morgan fingerprint density at radius 2 is 1.89 bits per heavy atom. The van der Waals surface area contributed by atoms with Crippen LogP contribution in [-0.4, -0.2) is 11.0 Å². The smallest absolute Gasteiger partial charge is 0.0100 e. The van der Waals surface area contributed by atoms with E-state index in [2.05, 4.69) is 27.0 Å². The zero-order chi connectivity index (χ0) is 7.33. The van der Waals surface area contributed by atoms with Gasteiger partial charge in [-0.3, -0.25) is 0 Å². The summed E-state index contributed by atoms with van der Waals surface area (Å²) in [4.78, 5) is 0. The van der Waals surface area contributed by atoms with Crippen molar-refractivity contribution in [2.75, 3.05) is 6.26 Å². The minimum atomic E-state index is 0.510. The van der Waals surface area contributed by atoms with E-state index in [4.69, 9.17) is 0 Å². The fourth-order valence-corrected chi connectivity index (χ4v) is 1.05. The molecule has 0 amide bonds. The molecule has 0 atom stereocenters. The maximum Gasteiger partial charge on any atom is 0.0100 e.